The van der Waals surface area contributed by atoms with Gasteiger partial charge in [-0.2, -0.15) is 0 Å². The number of rotatable bonds is 3. The third-order valence-electron chi connectivity index (χ3n) is 3.53. The summed E-state index contributed by atoms with van der Waals surface area (Å²) in [7, 11) is 0. The number of carbonyl (C=O) groups is 1. The van der Waals surface area contributed by atoms with Crippen LogP contribution in [0.2, 0.25) is 0 Å². The van der Waals surface area contributed by atoms with Crippen molar-refractivity contribution in [3.05, 3.63) is 57.2 Å². The van der Waals surface area contributed by atoms with Gasteiger partial charge in [-0.05, 0) is 32.9 Å². The van der Waals surface area contributed by atoms with Crippen molar-refractivity contribution in [2.75, 3.05) is 0 Å². The van der Waals surface area contributed by atoms with Crippen molar-refractivity contribution in [1.82, 2.24) is 9.97 Å². The molecule has 0 aliphatic carbocycles. The van der Waals surface area contributed by atoms with Gasteiger partial charge >= 0.3 is 0 Å². The number of pyridine rings is 1. The Morgan fingerprint density at radius 2 is 1.90 bits per heavy atom. The number of benzene rings is 1. The number of aryl methyl sites for hydroxylation is 3. The van der Waals surface area contributed by atoms with Crippen LogP contribution in [0.1, 0.15) is 31.6 Å². The Balaban J connectivity index is 2.01. The van der Waals surface area contributed by atoms with Crippen LogP contribution in [-0.4, -0.2) is 15.8 Å². The van der Waals surface area contributed by atoms with Crippen molar-refractivity contribution >= 4 is 28.0 Å². The largest absolute Gasteiger partial charge is 0.294 e. The maximum Gasteiger partial charge on any atom is 0.170 e. The highest BCUT2D eigenvalue weighted by Gasteiger charge is 2.15. The van der Waals surface area contributed by atoms with E-state index in [1.54, 1.807) is 11.3 Å². The van der Waals surface area contributed by atoms with E-state index in [0.717, 1.165) is 32.9 Å². The van der Waals surface area contributed by atoms with Gasteiger partial charge in [-0.1, -0.05) is 18.2 Å². The van der Waals surface area contributed by atoms with Crippen molar-refractivity contribution in [1.29, 1.82) is 0 Å². The second-order valence-corrected chi connectivity index (χ2v) is 6.47. The van der Waals surface area contributed by atoms with Crippen LogP contribution in [0.15, 0.2) is 30.3 Å². The number of thiazole rings is 1. The highest BCUT2D eigenvalue weighted by atomic mass is 32.1. The molecule has 3 rings (SSSR count). The number of carbonyl (C=O) groups excluding carboxylic acids is 1. The molecule has 0 spiro atoms. The van der Waals surface area contributed by atoms with Gasteiger partial charge in [0.05, 0.1) is 17.6 Å². The average Bonchev–Trinajstić information content (AvgIpc) is 2.76. The highest BCUT2D eigenvalue weighted by molar-refractivity contribution is 7.11. The number of ketones is 1. The molecule has 0 aliphatic rings. The number of aromatic nitrogens is 2. The second-order valence-electron chi connectivity index (χ2n) is 5.18. The normalized spacial score (nSPS) is 11.0. The smallest absolute Gasteiger partial charge is 0.170 e. The summed E-state index contributed by atoms with van der Waals surface area (Å²) in [4.78, 5) is 22.8. The molecule has 0 saturated heterocycles. The lowest BCUT2D eigenvalue weighted by molar-refractivity contribution is 0.0994. The van der Waals surface area contributed by atoms with E-state index in [2.05, 4.69) is 9.97 Å². The van der Waals surface area contributed by atoms with E-state index < -0.39 is 0 Å². The third-order valence-corrected chi connectivity index (χ3v) is 4.60. The Morgan fingerprint density at radius 1 is 1.14 bits per heavy atom. The molecule has 3 nitrogen and oxygen atoms in total. The molecular weight excluding hydrogens is 280 g/mol. The summed E-state index contributed by atoms with van der Waals surface area (Å²) in [5.41, 5.74) is 3.48. The number of fused-ring (bicyclic) bond motifs is 1. The lowest BCUT2D eigenvalue weighted by Crippen LogP contribution is -2.05. The lowest BCUT2D eigenvalue weighted by Gasteiger charge is -2.06. The van der Waals surface area contributed by atoms with Crippen molar-refractivity contribution in [2.24, 2.45) is 0 Å². The van der Waals surface area contributed by atoms with E-state index in [4.69, 9.17) is 0 Å². The van der Waals surface area contributed by atoms with Crippen molar-refractivity contribution in [2.45, 2.75) is 27.2 Å². The molecule has 0 radical (unpaired) electrons. The van der Waals surface area contributed by atoms with Gasteiger partial charge in [0.25, 0.3) is 0 Å². The van der Waals surface area contributed by atoms with Crippen molar-refractivity contribution < 1.29 is 4.79 Å². The summed E-state index contributed by atoms with van der Waals surface area (Å²) in [6.45, 7) is 5.93. The fraction of sp³-hybridized carbons (Fsp3) is 0.235. The molecule has 2 heterocycles. The summed E-state index contributed by atoms with van der Waals surface area (Å²) >= 11 is 1.60. The highest BCUT2D eigenvalue weighted by Crippen LogP contribution is 2.22. The molecule has 0 N–H and O–H groups in total. The van der Waals surface area contributed by atoms with Crippen LogP contribution in [0.5, 0.6) is 0 Å². The predicted octanol–water partition coefficient (Wildman–Crippen LogP) is 4.04. The molecule has 4 heteroatoms. The minimum absolute atomic E-state index is 0.102. The number of Topliss-reactive ketones (excluding diaryl/α,β-unsaturated/α-hetero) is 1. The van der Waals surface area contributed by atoms with Gasteiger partial charge in [-0.15, -0.1) is 11.3 Å². The molecule has 0 bridgehead atoms. The molecule has 3 aromatic rings. The quantitative estimate of drug-likeness (QED) is 0.685. The molecule has 0 atom stereocenters. The SMILES string of the molecule is Cc1cc(C(=O)Cc2nc(C)c(C)s2)c2ccccc2n1. The molecule has 21 heavy (non-hydrogen) atoms. The first kappa shape index (κ1) is 13.9. The van der Waals surface area contributed by atoms with Crippen LogP contribution in [0.4, 0.5) is 0 Å². The van der Waals surface area contributed by atoms with Crippen LogP contribution in [-0.2, 0) is 6.42 Å². The maximum absolute atomic E-state index is 12.6. The number of hydrogen-bond acceptors (Lipinski definition) is 4. The molecule has 0 saturated carbocycles. The first-order valence-electron chi connectivity index (χ1n) is 6.87. The van der Waals surface area contributed by atoms with Crippen molar-refractivity contribution in [3.8, 4) is 0 Å². The van der Waals surface area contributed by atoms with Crippen LogP contribution in [0.3, 0.4) is 0 Å². The average molecular weight is 296 g/mol. The summed E-state index contributed by atoms with van der Waals surface area (Å²) in [6.07, 6.45) is 0.354. The van der Waals surface area contributed by atoms with E-state index in [1.165, 1.54) is 4.88 Å². The maximum atomic E-state index is 12.6. The number of para-hydroxylation sites is 1. The molecule has 106 valence electrons. The standard InChI is InChI=1S/C17H16N2OS/c1-10-8-14(13-6-4-5-7-15(13)18-10)16(20)9-17-19-11(2)12(3)21-17/h4-8H,9H2,1-3H3. The van der Waals surface area contributed by atoms with Crippen LogP contribution in [0.25, 0.3) is 10.9 Å². The zero-order chi connectivity index (χ0) is 15.0. The van der Waals surface area contributed by atoms with Gasteiger partial charge in [0.15, 0.2) is 5.78 Å². The summed E-state index contributed by atoms with van der Waals surface area (Å²) < 4.78 is 0. The van der Waals surface area contributed by atoms with E-state index in [0.29, 0.717) is 6.42 Å². The summed E-state index contributed by atoms with van der Waals surface area (Å²) in [6, 6.07) is 9.65. The zero-order valence-electron chi connectivity index (χ0n) is 12.3. The van der Waals surface area contributed by atoms with Crippen LogP contribution < -0.4 is 0 Å². The molecule has 0 aliphatic heterocycles. The molecule has 0 unspecified atom stereocenters. The van der Waals surface area contributed by atoms with E-state index in [1.807, 2.05) is 51.1 Å². The Hall–Kier alpha value is -2.07. The van der Waals surface area contributed by atoms with E-state index >= 15 is 0 Å². The van der Waals surface area contributed by atoms with Crippen LogP contribution in [0, 0.1) is 20.8 Å². The van der Waals surface area contributed by atoms with Crippen molar-refractivity contribution in [3.63, 3.8) is 0 Å². The number of hydrogen-bond donors (Lipinski definition) is 0. The molecule has 1 aromatic carbocycles. The van der Waals surface area contributed by atoms with Gasteiger partial charge in [0.1, 0.15) is 5.01 Å². The fourth-order valence-corrected chi connectivity index (χ4v) is 3.32. The van der Waals surface area contributed by atoms with Crippen LogP contribution >= 0.6 is 11.3 Å². The lowest BCUT2D eigenvalue weighted by atomic mass is 10.0. The van der Waals surface area contributed by atoms with E-state index in [9.17, 15) is 4.79 Å². The first-order chi connectivity index (χ1) is 10.0. The summed E-state index contributed by atoms with van der Waals surface area (Å²) in [5, 5.41) is 1.80. The zero-order valence-corrected chi connectivity index (χ0v) is 13.1. The minimum Gasteiger partial charge on any atom is -0.294 e. The predicted molar refractivity (Wildman–Crippen MR) is 86.1 cm³/mol. The molecule has 2 aromatic heterocycles. The Morgan fingerprint density at radius 3 is 2.62 bits per heavy atom. The van der Waals surface area contributed by atoms with E-state index in [-0.39, 0.29) is 5.78 Å². The topological polar surface area (TPSA) is 42.9 Å². The minimum atomic E-state index is 0.102. The fourth-order valence-electron chi connectivity index (χ4n) is 2.39. The Bertz CT molecular complexity index is 816. The van der Waals surface area contributed by atoms with Gasteiger partial charge in [-0.25, -0.2) is 4.98 Å². The van der Waals surface area contributed by atoms with Gasteiger partial charge < -0.3 is 0 Å². The molecular formula is C17H16N2OS. The van der Waals surface area contributed by atoms with Gasteiger partial charge in [0.2, 0.25) is 0 Å². The second kappa shape index (κ2) is 5.37. The van der Waals surface area contributed by atoms with Gasteiger partial charge in [0, 0.05) is 21.5 Å². The Kier molecular flexibility index (Phi) is 3.55. The third kappa shape index (κ3) is 2.72. The molecule has 0 amide bonds. The van der Waals surface area contributed by atoms with Gasteiger partial charge in [-0.3, -0.25) is 9.78 Å². The number of nitrogens with zero attached hydrogens (tertiary/aromatic N) is 2. The summed E-state index contributed by atoms with van der Waals surface area (Å²) in [5.74, 6) is 0.102. The monoisotopic (exact) mass is 296 g/mol. The Labute approximate surface area is 127 Å². The molecule has 0 fully saturated rings. The first-order valence-corrected chi connectivity index (χ1v) is 7.69.